The van der Waals surface area contributed by atoms with E-state index in [1.807, 2.05) is 0 Å². The summed E-state index contributed by atoms with van der Waals surface area (Å²) in [6.45, 7) is 0.837. The van der Waals surface area contributed by atoms with Crippen LogP contribution < -0.4 is 10.0 Å². The van der Waals surface area contributed by atoms with Gasteiger partial charge in [0.15, 0.2) is 0 Å². The Hall–Kier alpha value is -0.830. The van der Waals surface area contributed by atoms with Gasteiger partial charge in [-0.25, -0.2) is 13.1 Å². The molecular formula is C12H14ClF3N2O2S. The van der Waals surface area contributed by atoms with Crippen LogP contribution in [-0.2, 0) is 16.2 Å². The molecule has 0 saturated carbocycles. The van der Waals surface area contributed by atoms with Crippen LogP contribution in [0.4, 0.5) is 13.2 Å². The average Bonchev–Trinajstić information content (AvgIpc) is 2.88. The molecule has 1 heterocycles. The number of sulfonamides is 1. The lowest BCUT2D eigenvalue weighted by atomic mass is 10.2. The highest BCUT2D eigenvalue weighted by atomic mass is 35.5. The highest BCUT2D eigenvalue weighted by Crippen LogP contribution is 2.35. The lowest BCUT2D eigenvalue weighted by molar-refractivity contribution is -0.139. The molecule has 2 N–H and O–H groups in total. The van der Waals surface area contributed by atoms with Crippen LogP contribution in [0.2, 0.25) is 5.02 Å². The zero-order valence-electron chi connectivity index (χ0n) is 10.9. The number of hydrogen-bond acceptors (Lipinski definition) is 3. The van der Waals surface area contributed by atoms with Gasteiger partial charge >= 0.3 is 6.18 Å². The van der Waals surface area contributed by atoms with Crippen LogP contribution in [0.1, 0.15) is 18.4 Å². The molecule has 1 fully saturated rings. The van der Waals surface area contributed by atoms with Crippen molar-refractivity contribution in [3.8, 4) is 0 Å². The van der Waals surface area contributed by atoms with Gasteiger partial charge in [0.1, 0.15) is 0 Å². The first kappa shape index (κ1) is 16.5. The molecule has 0 aliphatic carbocycles. The van der Waals surface area contributed by atoms with Crippen molar-refractivity contribution in [3.05, 3.63) is 28.8 Å². The van der Waals surface area contributed by atoms with Crippen LogP contribution >= 0.6 is 11.6 Å². The minimum atomic E-state index is -4.79. The second-order valence-electron chi connectivity index (χ2n) is 4.78. The van der Waals surface area contributed by atoms with Crippen molar-refractivity contribution in [1.29, 1.82) is 0 Å². The monoisotopic (exact) mass is 342 g/mol. The largest absolute Gasteiger partial charge is 0.417 e. The molecule has 1 aliphatic rings. The predicted molar refractivity (Wildman–Crippen MR) is 72.7 cm³/mol. The predicted octanol–water partition coefficient (Wildman–Crippen LogP) is 2.39. The zero-order valence-corrected chi connectivity index (χ0v) is 12.4. The first-order chi connectivity index (χ1) is 9.70. The highest BCUT2D eigenvalue weighted by Gasteiger charge is 2.37. The van der Waals surface area contributed by atoms with Gasteiger partial charge in [0.25, 0.3) is 0 Å². The molecule has 1 aromatic rings. The molecule has 1 unspecified atom stereocenters. The molecule has 1 saturated heterocycles. The van der Waals surface area contributed by atoms with Crippen molar-refractivity contribution < 1.29 is 21.6 Å². The molecule has 0 radical (unpaired) electrons. The molecular weight excluding hydrogens is 329 g/mol. The molecule has 0 amide bonds. The highest BCUT2D eigenvalue weighted by molar-refractivity contribution is 7.89. The third-order valence-corrected chi connectivity index (χ3v) is 4.94. The minimum Gasteiger partial charge on any atom is -0.313 e. The van der Waals surface area contributed by atoms with Crippen LogP contribution in [0.3, 0.4) is 0 Å². The van der Waals surface area contributed by atoms with Crippen LogP contribution in [0.5, 0.6) is 0 Å². The van der Waals surface area contributed by atoms with Crippen LogP contribution in [0, 0.1) is 0 Å². The molecule has 9 heteroatoms. The maximum atomic E-state index is 12.9. The average molecular weight is 343 g/mol. The quantitative estimate of drug-likeness (QED) is 0.883. The fourth-order valence-electron chi connectivity index (χ4n) is 2.18. The van der Waals surface area contributed by atoms with E-state index in [-0.39, 0.29) is 17.6 Å². The van der Waals surface area contributed by atoms with Gasteiger partial charge < -0.3 is 5.32 Å². The molecule has 1 aromatic carbocycles. The zero-order chi connectivity index (χ0) is 15.7. The van der Waals surface area contributed by atoms with Gasteiger partial charge in [0, 0.05) is 17.6 Å². The molecule has 1 atom stereocenters. The third kappa shape index (κ3) is 4.09. The first-order valence-corrected chi connectivity index (χ1v) is 8.16. The summed E-state index contributed by atoms with van der Waals surface area (Å²) >= 11 is 5.53. The molecule has 0 spiro atoms. The van der Waals surface area contributed by atoms with E-state index in [1.165, 1.54) is 0 Å². The Labute approximate surface area is 125 Å². The van der Waals surface area contributed by atoms with Crippen molar-refractivity contribution >= 4 is 21.6 Å². The van der Waals surface area contributed by atoms with E-state index in [0.717, 1.165) is 31.5 Å². The van der Waals surface area contributed by atoms with Crippen LogP contribution in [-0.4, -0.2) is 27.5 Å². The number of nitrogens with one attached hydrogen (secondary N) is 2. The normalized spacial score (nSPS) is 19.9. The number of halogens is 4. The third-order valence-electron chi connectivity index (χ3n) is 3.22. The van der Waals surface area contributed by atoms with Crippen molar-refractivity contribution in [2.75, 3.05) is 13.1 Å². The smallest absolute Gasteiger partial charge is 0.313 e. The second kappa shape index (κ2) is 6.12. The van der Waals surface area contributed by atoms with Crippen molar-refractivity contribution in [3.63, 3.8) is 0 Å². The molecule has 2 rings (SSSR count). The van der Waals surface area contributed by atoms with Gasteiger partial charge in [0.05, 0.1) is 10.5 Å². The van der Waals surface area contributed by atoms with Gasteiger partial charge in [-0.2, -0.15) is 13.2 Å². The number of hydrogen-bond donors (Lipinski definition) is 2. The summed E-state index contributed by atoms with van der Waals surface area (Å²) in [7, 11) is -4.25. The van der Waals surface area contributed by atoms with Gasteiger partial charge in [-0.3, -0.25) is 0 Å². The van der Waals surface area contributed by atoms with Gasteiger partial charge in [-0.05, 0) is 37.6 Å². The van der Waals surface area contributed by atoms with Crippen molar-refractivity contribution in [1.82, 2.24) is 10.0 Å². The summed E-state index contributed by atoms with van der Waals surface area (Å²) in [6, 6.07) is 2.56. The molecule has 0 aromatic heterocycles. The van der Waals surface area contributed by atoms with E-state index < -0.39 is 26.7 Å². The van der Waals surface area contributed by atoms with Crippen LogP contribution in [0.25, 0.3) is 0 Å². The Kier molecular flexibility index (Phi) is 4.82. The van der Waals surface area contributed by atoms with E-state index in [9.17, 15) is 21.6 Å². The Bertz CT molecular complexity index is 613. The number of benzene rings is 1. The maximum Gasteiger partial charge on any atom is 0.417 e. The second-order valence-corrected chi connectivity index (χ2v) is 6.96. The summed E-state index contributed by atoms with van der Waals surface area (Å²) < 4.78 is 65.2. The van der Waals surface area contributed by atoms with Gasteiger partial charge in [0.2, 0.25) is 10.0 Å². The van der Waals surface area contributed by atoms with Gasteiger partial charge in [-0.1, -0.05) is 11.6 Å². The maximum absolute atomic E-state index is 12.9. The number of rotatable bonds is 4. The molecule has 118 valence electrons. The Morgan fingerprint density at radius 3 is 2.67 bits per heavy atom. The minimum absolute atomic E-state index is 0.0542. The fourth-order valence-corrected chi connectivity index (χ4v) is 3.64. The van der Waals surface area contributed by atoms with E-state index in [2.05, 4.69) is 10.0 Å². The van der Waals surface area contributed by atoms with E-state index in [1.54, 1.807) is 0 Å². The molecule has 4 nitrogen and oxygen atoms in total. The lowest BCUT2D eigenvalue weighted by Crippen LogP contribution is -2.37. The Balaban J connectivity index is 2.26. The first-order valence-electron chi connectivity index (χ1n) is 6.30. The summed E-state index contributed by atoms with van der Waals surface area (Å²) in [4.78, 5) is -0.808. The van der Waals surface area contributed by atoms with Crippen molar-refractivity contribution in [2.45, 2.75) is 30.0 Å². The standard InChI is InChI=1S/C12H14ClF3N2O2S/c13-8-3-4-11(10(6-8)12(14,15)16)21(19,20)18-7-9-2-1-5-17-9/h3-4,6,9,17-18H,1-2,5,7H2. The van der Waals surface area contributed by atoms with Crippen molar-refractivity contribution in [2.24, 2.45) is 0 Å². The summed E-state index contributed by atoms with van der Waals surface area (Å²) in [5.41, 5.74) is -1.26. The summed E-state index contributed by atoms with van der Waals surface area (Å²) in [6.07, 6.45) is -3.09. The fraction of sp³-hybridized carbons (Fsp3) is 0.500. The Morgan fingerprint density at radius 2 is 2.10 bits per heavy atom. The van der Waals surface area contributed by atoms with Crippen LogP contribution in [0.15, 0.2) is 23.1 Å². The molecule has 21 heavy (non-hydrogen) atoms. The number of alkyl halides is 3. The lowest BCUT2D eigenvalue weighted by Gasteiger charge is -2.16. The summed E-state index contributed by atoms with van der Waals surface area (Å²) in [5.74, 6) is 0. The SMILES string of the molecule is O=S(=O)(NCC1CCCN1)c1ccc(Cl)cc1C(F)(F)F. The van der Waals surface area contributed by atoms with E-state index in [0.29, 0.717) is 6.07 Å². The van der Waals surface area contributed by atoms with E-state index >= 15 is 0 Å². The van der Waals surface area contributed by atoms with Gasteiger partial charge in [-0.15, -0.1) is 0 Å². The molecule has 0 bridgehead atoms. The summed E-state index contributed by atoms with van der Waals surface area (Å²) in [5, 5.41) is 2.90. The Morgan fingerprint density at radius 1 is 1.38 bits per heavy atom. The topological polar surface area (TPSA) is 58.2 Å². The van der Waals surface area contributed by atoms with E-state index in [4.69, 9.17) is 11.6 Å². The molecule has 1 aliphatic heterocycles.